The second-order valence-corrected chi connectivity index (χ2v) is 10.0. The van der Waals surface area contributed by atoms with Crippen molar-refractivity contribution < 1.29 is 14.4 Å². The fraction of sp³-hybridized carbons (Fsp3) is 0.444. The molecule has 0 bridgehead atoms. The number of benzene rings is 2. The Kier molecular flexibility index (Phi) is 9.12. The maximum atomic E-state index is 12.5. The second-order valence-electron chi connectivity index (χ2n) is 8.85. The van der Waals surface area contributed by atoms with Crippen LogP contribution in [0.5, 0.6) is 0 Å². The summed E-state index contributed by atoms with van der Waals surface area (Å²) >= 11 is 1.06. The van der Waals surface area contributed by atoms with E-state index in [2.05, 4.69) is 49.5 Å². The van der Waals surface area contributed by atoms with Crippen molar-refractivity contribution in [1.29, 1.82) is 0 Å². The van der Waals surface area contributed by atoms with Crippen LogP contribution in [0.1, 0.15) is 62.1 Å². The van der Waals surface area contributed by atoms with Gasteiger partial charge in [-0.25, -0.2) is 0 Å². The molecule has 33 heavy (non-hydrogen) atoms. The van der Waals surface area contributed by atoms with E-state index in [0.29, 0.717) is 19.4 Å². The Bertz CT molecular complexity index is 1000. The highest BCUT2D eigenvalue weighted by molar-refractivity contribution is 8.15. The Hall–Kier alpha value is -2.60. The highest BCUT2D eigenvalue weighted by Gasteiger charge is 2.31. The highest BCUT2D eigenvalue weighted by Crippen LogP contribution is 2.28. The van der Waals surface area contributed by atoms with Crippen LogP contribution in [0.15, 0.2) is 42.5 Å². The lowest BCUT2D eigenvalue weighted by Crippen LogP contribution is -2.25. The zero-order valence-electron chi connectivity index (χ0n) is 19.9. The van der Waals surface area contributed by atoms with Gasteiger partial charge in [0.1, 0.15) is 0 Å². The quantitative estimate of drug-likeness (QED) is 0.420. The predicted octanol–water partition coefficient (Wildman–Crippen LogP) is 5.88. The molecule has 0 saturated carbocycles. The summed E-state index contributed by atoms with van der Waals surface area (Å²) in [5, 5.41) is 1.72. The minimum Gasteiger partial charge on any atom is -0.341 e. The molecule has 1 aliphatic rings. The molecule has 1 atom stereocenters. The number of amides is 3. The third-order valence-corrected chi connectivity index (χ3v) is 7.04. The Morgan fingerprint density at radius 2 is 1.82 bits per heavy atom. The number of thioether (sulfide) groups is 1. The van der Waals surface area contributed by atoms with Crippen molar-refractivity contribution in [1.82, 2.24) is 10.2 Å². The molecular weight excluding hydrogens is 432 g/mol. The maximum absolute atomic E-state index is 12.5. The van der Waals surface area contributed by atoms with Crippen LogP contribution in [0, 0.1) is 6.92 Å². The van der Waals surface area contributed by atoms with E-state index in [1.165, 1.54) is 19.3 Å². The molecule has 5 nitrogen and oxygen atoms in total. The number of rotatable bonds is 11. The fourth-order valence-corrected chi connectivity index (χ4v) is 5.05. The van der Waals surface area contributed by atoms with E-state index >= 15 is 0 Å². The number of aryl methyl sites for hydroxylation is 1. The number of imide groups is 1. The second kappa shape index (κ2) is 12.0. The number of nitrogens with zero attached hydrogens (tertiary/aromatic N) is 1. The number of hydrogen-bond acceptors (Lipinski definition) is 4. The highest BCUT2D eigenvalue weighted by atomic mass is 32.2. The van der Waals surface area contributed by atoms with Gasteiger partial charge in [-0.2, -0.15) is 0 Å². The van der Waals surface area contributed by atoms with Crippen LogP contribution in [-0.4, -0.2) is 34.3 Å². The summed E-state index contributed by atoms with van der Waals surface area (Å²) in [6.45, 7) is 4.86. The molecule has 176 valence electrons. The Balaban J connectivity index is 1.61. The van der Waals surface area contributed by atoms with Gasteiger partial charge in [-0.1, -0.05) is 80.8 Å². The minimum atomic E-state index is -0.356. The molecular formula is C27H34N2O3S. The lowest BCUT2D eigenvalue weighted by molar-refractivity contribution is -0.130. The van der Waals surface area contributed by atoms with Crippen LogP contribution < -0.4 is 5.32 Å². The van der Waals surface area contributed by atoms with Crippen molar-refractivity contribution in [2.75, 3.05) is 7.05 Å². The van der Waals surface area contributed by atoms with Gasteiger partial charge in [-0.05, 0) is 53.6 Å². The molecule has 3 rings (SSSR count). The molecule has 2 aromatic carbocycles. The lowest BCUT2D eigenvalue weighted by Gasteiger charge is -2.18. The van der Waals surface area contributed by atoms with E-state index in [-0.39, 0.29) is 22.3 Å². The molecule has 1 unspecified atom stereocenters. The van der Waals surface area contributed by atoms with Gasteiger partial charge >= 0.3 is 0 Å². The minimum absolute atomic E-state index is 0.199. The van der Waals surface area contributed by atoms with Crippen LogP contribution in [0.25, 0.3) is 11.1 Å². The van der Waals surface area contributed by atoms with Gasteiger partial charge < -0.3 is 4.90 Å². The summed E-state index contributed by atoms with van der Waals surface area (Å²) < 4.78 is 0. The first-order chi connectivity index (χ1) is 15.9. The molecule has 0 aromatic heterocycles. The first-order valence-electron chi connectivity index (χ1n) is 11.8. The topological polar surface area (TPSA) is 66.5 Å². The SMILES string of the molecule is CCCCCCCC(=O)N(C)Cc1cccc(-c2ccc(CC3SC(=O)NC3=O)cc2C)c1. The van der Waals surface area contributed by atoms with Crippen LogP contribution in [0.3, 0.4) is 0 Å². The van der Waals surface area contributed by atoms with Crippen molar-refractivity contribution in [3.05, 3.63) is 59.2 Å². The third kappa shape index (κ3) is 7.19. The van der Waals surface area contributed by atoms with E-state index in [1.54, 1.807) is 0 Å². The number of nitrogens with one attached hydrogen (secondary N) is 1. The Morgan fingerprint density at radius 3 is 2.52 bits per heavy atom. The van der Waals surface area contributed by atoms with E-state index < -0.39 is 0 Å². The number of carbonyl (C=O) groups excluding carboxylic acids is 3. The molecule has 0 aliphatic carbocycles. The van der Waals surface area contributed by atoms with Crippen LogP contribution in [-0.2, 0) is 22.6 Å². The van der Waals surface area contributed by atoms with Gasteiger partial charge in [0.05, 0.1) is 5.25 Å². The van der Waals surface area contributed by atoms with Crippen LogP contribution >= 0.6 is 11.8 Å². The summed E-state index contributed by atoms with van der Waals surface area (Å²) in [5.41, 5.74) is 5.51. The van der Waals surface area contributed by atoms with Gasteiger partial charge in [0, 0.05) is 20.0 Å². The summed E-state index contributed by atoms with van der Waals surface area (Å²) in [7, 11) is 1.88. The molecule has 0 radical (unpaired) electrons. The molecule has 3 amide bonds. The van der Waals surface area contributed by atoms with Crippen LogP contribution in [0.2, 0.25) is 0 Å². The van der Waals surface area contributed by atoms with Gasteiger partial charge in [0.15, 0.2) is 0 Å². The zero-order valence-corrected chi connectivity index (χ0v) is 20.7. The first kappa shape index (κ1) is 25.0. The van der Waals surface area contributed by atoms with Gasteiger partial charge in [0.25, 0.3) is 5.24 Å². The Morgan fingerprint density at radius 1 is 1.03 bits per heavy atom. The monoisotopic (exact) mass is 466 g/mol. The van der Waals surface area contributed by atoms with E-state index in [9.17, 15) is 14.4 Å². The Labute approximate surface area is 201 Å². The number of hydrogen-bond donors (Lipinski definition) is 1. The van der Waals surface area contributed by atoms with E-state index in [1.807, 2.05) is 24.1 Å². The zero-order chi connectivity index (χ0) is 23.8. The summed E-state index contributed by atoms with van der Waals surface area (Å²) in [4.78, 5) is 37.6. The molecule has 2 aromatic rings. The average molecular weight is 467 g/mol. The fourth-order valence-electron chi connectivity index (χ4n) is 4.19. The van der Waals surface area contributed by atoms with Gasteiger partial charge in [-0.3, -0.25) is 19.7 Å². The molecule has 1 N–H and O–H groups in total. The van der Waals surface area contributed by atoms with E-state index in [4.69, 9.17) is 0 Å². The smallest absolute Gasteiger partial charge is 0.286 e. The molecule has 6 heteroatoms. The van der Waals surface area contributed by atoms with Crippen LogP contribution in [0.4, 0.5) is 4.79 Å². The van der Waals surface area contributed by atoms with Crippen molar-refractivity contribution in [3.8, 4) is 11.1 Å². The molecule has 1 fully saturated rings. The third-order valence-electron chi connectivity index (χ3n) is 6.06. The largest absolute Gasteiger partial charge is 0.341 e. The molecule has 1 saturated heterocycles. The van der Waals surface area contributed by atoms with Gasteiger partial charge in [-0.15, -0.1) is 0 Å². The lowest BCUT2D eigenvalue weighted by atomic mass is 9.95. The van der Waals surface area contributed by atoms with Crippen molar-refractivity contribution in [2.45, 2.75) is 70.6 Å². The summed E-state index contributed by atoms with van der Waals surface area (Å²) in [6, 6.07) is 14.5. The average Bonchev–Trinajstić information content (AvgIpc) is 3.10. The normalized spacial score (nSPS) is 15.5. The first-order valence-corrected chi connectivity index (χ1v) is 12.7. The van der Waals surface area contributed by atoms with Crippen molar-refractivity contribution in [2.24, 2.45) is 0 Å². The standard InChI is InChI=1S/C27H34N2O3S/c1-4-5-6-7-8-12-25(30)29(3)18-21-10-9-11-22(16-21)23-14-13-20(15-19(23)2)17-24-26(31)28-27(32)33-24/h9-11,13-16,24H,4-8,12,17-18H2,1-3H3,(H,28,31,32). The van der Waals surface area contributed by atoms with Crippen molar-refractivity contribution >= 4 is 28.8 Å². The molecule has 1 aliphatic heterocycles. The summed E-state index contributed by atoms with van der Waals surface area (Å²) in [5.74, 6) is -0.0104. The summed E-state index contributed by atoms with van der Waals surface area (Å²) in [6.07, 6.45) is 6.90. The van der Waals surface area contributed by atoms with Gasteiger partial charge in [0.2, 0.25) is 11.8 Å². The molecule has 1 heterocycles. The number of unbranched alkanes of at least 4 members (excludes halogenated alkanes) is 4. The van der Waals surface area contributed by atoms with E-state index in [0.717, 1.165) is 52.4 Å². The maximum Gasteiger partial charge on any atom is 0.286 e. The molecule has 0 spiro atoms. The van der Waals surface area contributed by atoms with Crippen molar-refractivity contribution in [3.63, 3.8) is 0 Å². The number of carbonyl (C=O) groups is 3. The predicted molar refractivity (Wildman–Crippen MR) is 135 cm³/mol.